The first kappa shape index (κ1) is 23.5. The summed E-state index contributed by atoms with van der Waals surface area (Å²) in [6.45, 7) is 6.38. The molecule has 0 radical (unpaired) electrons. The maximum atomic E-state index is 12.7. The molecule has 0 heterocycles. The first-order valence-electron chi connectivity index (χ1n) is 10.3. The zero-order valence-corrected chi connectivity index (χ0v) is 19.2. The molecule has 32 heavy (non-hydrogen) atoms. The molecule has 3 aromatic carbocycles. The van der Waals surface area contributed by atoms with Crippen molar-refractivity contribution in [2.75, 3.05) is 11.4 Å². The van der Waals surface area contributed by atoms with E-state index in [0.717, 1.165) is 12.1 Å². The number of esters is 1. The van der Waals surface area contributed by atoms with E-state index in [1.165, 1.54) is 29.8 Å². The number of anilines is 2. The molecule has 3 rings (SSSR count). The minimum absolute atomic E-state index is 0.0425. The molecule has 1 N–H and O–H groups in total. The Labute approximate surface area is 189 Å². The molecule has 0 amide bonds. The quantitative estimate of drug-likeness (QED) is 0.281. The Kier molecular flexibility index (Phi) is 7.01. The van der Waals surface area contributed by atoms with E-state index in [4.69, 9.17) is 4.74 Å². The molecule has 168 valence electrons. The molecule has 0 aromatic heterocycles. The SMILES string of the molecule is CCC(C)(C)c1ccc(OC(=O)CN(c2ccccc2)c2ccc(S(=O)(=O)O)cc2)cc1. The molecular weight excluding hydrogens is 426 g/mol. The van der Waals surface area contributed by atoms with E-state index in [-0.39, 0.29) is 16.9 Å². The molecule has 0 spiro atoms. The van der Waals surface area contributed by atoms with Gasteiger partial charge in [0.1, 0.15) is 12.3 Å². The van der Waals surface area contributed by atoms with Crippen LogP contribution in [0.5, 0.6) is 5.75 Å². The van der Waals surface area contributed by atoms with Crippen molar-refractivity contribution in [2.45, 2.75) is 37.5 Å². The molecule has 0 saturated carbocycles. The third kappa shape index (κ3) is 5.75. The predicted octanol–water partition coefficient (Wildman–Crippen LogP) is 5.36. The van der Waals surface area contributed by atoms with Crippen molar-refractivity contribution in [1.82, 2.24) is 0 Å². The van der Waals surface area contributed by atoms with Crippen LogP contribution >= 0.6 is 0 Å². The van der Waals surface area contributed by atoms with Crippen molar-refractivity contribution in [1.29, 1.82) is 0 Å². The number of rotatable bonds is 8. The second kappa shape index (κ2) is 9.54. The number of para-hydroxylation sites is 1. The van der Waals surface area contributed by atoms with Gasteiger partial charge < -0.3 is 9.64 Å². The zero-order chi connectivity index (χ0) is 23.4. The Hall–Kier alpha value is -3.16. The molecule has 6 nitrogen and oxygen atoms in total. The Morgan fingerprint density at radius 3 is 2.00 bits per heavy atom. The first-order valence-corrected chi connectivity index (χ1v) is 11.8. The van der Waals surface area contributed by atoms with Crippen LogP contribution in [0.15, 0.2) is 83.8 Å². The van der Waals surface area contributed by atoms with Gasteiger partial charge in [-0.1, -0.05) is 51.1 Å². The highest BCUT2D eigenvalue weighted by Gasteiger charge is 2.19. The van der Waals surface area contributed by atoms with Crippen LogP contribution < -0.4 is 9.64 Å². The van der Waals surface area contributed by atoms with Gasteiger partial charge in [-0.2, -0.15) is 8.42 Å². The summed E-state index contributed by atoms with van der Waals surface area (Å²) in [5.41, 5.74) is 2.54. The average Bonchev–Trinajstić information content (AvgIpc) is 2.78. The largest absolute Gasteiger partial charge is 0.425 e. The Bertz CT molecular complexity index is 1160. The van der Waals surface area contributed by atoms with Gasteiger partial charge in [-0.15, -0.1) is 0 Å². The van der Waals surface area contributed by atoms with Crippen molar-refractivity contribution in [2.24, 2.45) is 0 Å². The lowest BCUT2D eigenvalue weighted by Crippen LogP contribution is -2.28. The van der Waals surface area contributed by atoms with Crippen LogP contribution in [-0.2, 0) is 20.3 Å². The van der Waals surface area contributed by atoms with Gasteiger partial charge in [-0.3, -0.25) is 4.55 Å². The van der Waals surface area contributed by atoms with E-state index in [1.54, 1.807) is 17.0 Å². The summed E-state index contributed by atoms with van der Waals surface area (Å²) in [7, 11) is -4.30. The van der Waals surface area contributed by atoms with E-state index >= 15 is 0 Å². The minimum Gasteiger partial charge on any atom is -0.425 e. The lowest BCUT2D eigenvalue weighted by atomic mass is 9.82. The van der Waals surface area contributed by atoms with Gasteiger partial charge in [0.15, 0.2) is 0 Å². The molecule has 0 aliphatic rings. The minimum atomic E-state index is -4.30. The van der Waals surface area contributed by atoms with Crippen LogP contribution in [0.2, 0.25) is 0 Å². The van der Waals surface area contributed by atoms with Crippen LogP contribution in [0.3, 0.4) is 0 Å². The summed E-state index contributed by atoms with van der Waals surface area (Å²) < 4.78 is 37.4. The maximum Gasteiger partial charge on any atom is 0.331 e. The fourth-order valence-corrected chi connectivity index (χ4v) is 3.69. The highest BCUT2D eigenvalue weighted by molar-refractivity contribution is 7.85. The third-order valence-corrected chi connectivity index (χ3v) is 6.42. The van der Waals surface area contributed by atoms with E-state index in [1.807, 2.05) is 42.5 Å². The molecule has 0 fully saturated rings. The lowest BCUT2D eigenvalue weighted by Gasteiger charge is -2.25. The number of carbonyl (C=O) groups is 1. The molecule has 7 heteroatoms. The van der Waals surface area contributed by atoms with Crippen molar-refractivity contribution in [3.63, 3.8) is 0 Å². The molecular formula is C25H27NO5S. The van der Waals surface area contributed by atoms with Crippen LogP contribution in [0, 0.1) is 0 Å². The number of hydrogen-bond acceptors (Lipinski definition) is 5. The second-order valence-corrected chi connectivity index (χ2v) is 9.55. The topological polar surface area (TPSA) is 83.9 Å². The summed E-state index contributed by atoms with van der Waals surface area (Å²) >= 11 is 0. The molecule has 0 saturated heterocycles. The molecule has 0 unspecified atom stereocenters. The van der Waals surface area contributed by atoms with Crippen molar-refractivity contribution >= 4 is 27.5 Å². The van der Waals surface area contributed by atoms with E-state index in [2.05, 4.69) is 20.8 Å². The third-order valence-electron chi connectivity index (χ3n) is 5.55. The maximum absolute atomic E-state index is 12.7. The number of carbonyl (C=O) groups excluding carboxylic acids is 1. The number of benzene rings is 3. The zero-order valence-electron chi connectivity index (χ0n) is 18.4. The number of ether oxygens (including phenoxy) is 1. The monoisotopic (exact) mass is 453 g/mol. The van der Waals surface area contributed by atoms with Crippen molar-refractivity contribution in [3.05, 3.63) is 84.4 Å². The first-order chi connectivity index (χ1) is 15.1. The number of nitrogens with zero attached hydrogens (tertiary/aromatic N) is 1. The summed E-state index contributed by atoms with van der Waals surface area (Å²) in [5, 5.41) is 0. The lowest BCUT2D eigenvalue weighted by molar-refractivity contribution is -0.132. The molecule has 0 aliphatic carbocycles. The molecule has 0 bridgehead atoms. The van der Waals surface area contributed by atoms with Gasteiger partial charge in [0.25, 0.3) is 10.1 Å². The second-order valence-electron chi connectivity index (χ2n) is 8.13. The van der Waals surface area contributed by atoms with Gasteiger partial charge >= 0.3 is 5.97 Å². The van der Waals surface area contributed by atoms with E-state index < -0.39 is 16.1 Å². The fourth-order valence-electron chi connectivity index (χ4n) is 3.21. The average molecular weight is 454 g/mol. The fraction of sp³-hybridized carbons (Fsp3) is 0.240. The van der Waals surface area contributed by atoms with Crippen molar-refractivity contribution in [3.8, 4) is 5.75 Å². The molecule has 3 aromatic rings. The Balaban J connectivity index is 1.80. The highest BCUT2D eigenvalue weighted by Crippen LogP contribution is 2.29. The number of hydrogen-bond donors (Lipinski definition) is 1. The van der Waals surface area contributed by atoms with E-state index in [0.29, 0.717) is 11.4 Å². The van der Waals surface area contributed by atoms with Crippen LogP contribution in [-0.4, -0.2) is 25.5 Å². The van der Waals surface area contributed by atoms with Crippen LogP contribution in [0.1, 0.15) is 32.8 Å². The summed E-state index contributed by atoms with van der Waals surface area (Å²) in [6, 6.07) is 22.4. The summed E-state index contributed by atoms with van der Waals surface area (Å²) in [6.07, 6.45) is 0.995. The van der Waals surface area contributed by atoms with Gasteiger partial charge in [0, 0.05) is 11.4 Å². The Morgan fingerprint density at radius 1 is 0.906 bits per heavy atom. The van der Waals surface area contributed by atoms with Crippen molar-refractivity contribution < 1.29 is 22.5 Å². The smallest absolute Gasteiger partial charge is 0.331 e. The molecule has 0 atom stereocenters. The summed E-state index contributed by atoms with van der Waals surface area (Å²) in [5.74, 6) is -0.00408. The van der Waals surface area contributed by atoms with Gasteiger partial charge in [0.2, 0.25) is 0 Å². The Morgan fingerprint density at radius 2 is 1.47 bits per heavy atom. The van der Waals surface area contributed by atoms with E-state index in [9.17, 15) is 17.8 Å². The predicted molar refractivity (Wildman–Crippen MR) is 125 cm³/mol. The van der Waals surface area contributed by atoms with Crippen LogP contribution in [0.4, 0.5) is 11.4 Å². The molecule has 0 aliphatic heterocycles. The highest BCUT2D eigenvalue weighted by atomic mass is 32.2. The van der Waals surface area contributed by atoms with Gasteiger partial charge in [-0.05, 0) is 65.9 Å². The van der Waals surface area contributed by atoms with Crippen LogP contribution in [0.25, 0.3) is 0 Å². The van der Waals surface area contributed by atoms with Gasteiger partial charge in [0.05, 0.1) is 4.90 Å². The van der Waals surface area contributed by atoms with Gasteiger partial charge in [-0.25, -0.2) is 4.79 Å². The normalized spacial score (nSPS) is 11.8. The standard InChI is InChI=1S/C25H27NO5S/c1-4-25(2,3)19-10-14-22(15-11-19)31-24(27)18-26(20-8-6-5-7-9-20)21-12-16-23(17-13-21)32(28,29)30/h5-17H,4,18H2,1-3H3,(H,28,29,30). The summed E-state index contributed by atoms with van der Waals surface area (Å²) in [4.78, 5) is 14.2.